The Balaban J connectivity index is 0.000000292. The highest BCUT2D eigenvalue weighted by molar-refractivity contribution is 8.13. The third-order valence-corrected chi connectivity index (χ3v) is 1.18. The van der Waals surface area contributed by atoms with Crippen molar-refractivity contribution >= 4 is 25.4 Å². The minimum absolute atomic E-state index is 0.925. The lowest BCUT2D eigenvalue weighted by Gasteiger charge is -2.10. The van der Waals surface area contributed by atoms with Gasteiger partial charge in [0.25, 0.3) is 0 Å². The Morgan fingerprint density at radius 1 is 1.29 bits per heavy atom. The molecule has 0 unspecified atom stereocenters. The fourth-order valence-corrected chi connectivity index (χ4v) is 0.642. The van der Waals surface area contributed by atoms with Gasteiger partial charge in [0.2, 0.25) is 9.05 Å². The summed E-state index contributed by atoms with van der Waals surface area (Å²) in [5, 5.41) is 0. The van der Waals surface area contributed by atoms with Crippen molar-refractivity contribution in [1.29, 1.82) is 0 Å². The molecule has 0 saturated heterocycles. The van der Waals surface area contributed by atoms with E-state index >= 15 is 0 Å². The van der Waals surface area contributed by atoms with Crippen LogP contribution in [0.1, 0.15) is 0 Å². The molecule has 0 aliphatic heterocycles. The van der Waals surface area contributed by atoms with E-state index in [1.165, 1.54) is 5.69 Å². The van der Waals surface area contributed by atoms with Gasteiger partial charge in [0.1, 0.15) is 0 Å². The van der Waals surface area contributed by atoms with E-state index in [-0.39, 0.29) is 0 Å². The Labute approximate surface area is 88.9 Å². The maximum Gasteiger partial charge on any atom is 0.229 e. The van der Waals surface area contributed by atoms with E-state index < -0.39 is 9.05 Å². The summed E-state index contributed by atoms with van der Waals surface area (Å²) in [5.41, 5.74) is 1.19. The molecule has 0 spiro atoms. The third-order valence-electron chi connectivity index (χ3n) is 1.18. The second-order valence-electron chi connectivity index (χ2n) is 2.78. The smallest absolute Gasteiger partial charge is 0.229 e. The summed E-state index contributed by atoms with van der Waals surface area (Å²) in [7, 11) is 5.33. The Bertz CT molecular complexity index is 343. The predicted octanol–water partition coefficient (Wildman–Crippen LogP) is 1.33. The second-order valence-corrected chi connectivity index (χ2v) is 5.83. The van der Waals surface area contributed by atoms with Crippen LogP contribution in [0.25, 0.3) is 0 Å². The van der Waals surface area contributed by atoms with E-state index in [1.54, 1.807) is 12.4 Å². The number of halogens is 1. The number of nitrogens with zero attached hydrogens (tertiary/aromatic N) is 2. The van der Waals surface area contributed by atoms with Crippen molar-refractivity contribution in [3.05, 3.63) is 24.5 Å². The average molecular weight is 237 g/mol. The minimum atomic E-state index is -3.19. The fraction of sp³-hybridized carbons (Fsp3) is 0.375. The van der Waals surface area contributed by atoms with Gasteiger partial charge in [-0.1, -0.05) is 0 Å². The topological polar surface area (TPSA) is 50.3 Å². The molecule has 0 fully saturated rings. The lowest BCUT2D eigenvalue weighted by molar-refractivity contribution is 0.615. The minimum Gasteiger partial charge on any atom is -0.378 e. The van der Waals surface area contributed by atoms with Crippen LogP contribution in [0.2, 0.25) is 0 Å². The molecule has 80 valence electrons. The molecule has 0 bridgehead atoms. The summed E-state index contributed by atoms with van der Waals surface area (Å²) in [6.45, 7) is 0. The predicted molar refractivity (Wildman–Crippen MR) is 59.3 cm³/mol. The molecule has 0 aliphatic carbocycles. The highest BCUT2D eigenvalue weighted by atomic mass is 35.7. The molecule has 0 aliphatic rings. The van der Waals surface area contributed by atoms with Crippen LogP contribution in [0, 0.1) is 0 Å². The molecule has 0 saturated carbocycles. The number of hydrogen-bond acceptors (Lipinski definition) is 4. The van der Waals surface area contributed by atoms with E-state index in [1.807, 2.05) is 31.1 Å². The van der Waals surface area contributed by atoms with Gasteiger partial charge in [-0.15, -0.1) is 0 Å². The summed E-state index contributed by atoms with van der Waals surface area (Å²) < 4.78 is 18.8. The van der Waals surface area contributed by atoms with Crippen LogP contribution in [-0.2, 0) is 9.05 Å². The Morgan fingerprint density at radius 2 is 1.64 bits per heavy atom. The molecule has 6 heteroatoms. The first-order valence-corrected chi connectivity index (χ1v) is 6.49. The monoisotopic (exact) mass is 236 g/mol. The van der Waals surface area contributed by atoms with Crippen molar-refractivity contribution in [2.24, 2.45) is 0 Å². The second kappa shape index (κ2) is 5.82. The summed E-state index contributed by atoms with van der Waals surface area (Å²) >= 11 is 0. The molecule has 0 atom stereocenters. The average Bonchev–Trinajstić information content (AvgIpc) is 2.03. The zero-order valence-electron chi connectivity index (χ0n) is 8.31. The highest BCUT2D eigenvalue weighted by Gasteiger charge is 1.88. The normalized spacial score (nSPS) is 10.0. The summed E-state index contributed by atoms with van der Waals surface area (Å²) in [6.07, 6.45) is 4.50. The number of anilines is 1. The standard InChI is InChI=1S/C7H10N2.CH3ClO2S/c1-9(2)7-3-5-8-6-4-7;1-5(2,3)4/h3-6H,1-2H3;1H3. The van der Waals surface area contributed by atoms with Gasteiger partial charge in [-0.2, -0.15) is 0 Å². The SMILES string of the molecule is CN(C)c1ccncc1.CS(=O)(=O)Cl. The van der Waals surface area contributed by atoms with Crippen LogP contribution in [0.4, 0.5) is 5.69 Å². The Morgan fingerprint density at radius 3 is 1.86 bits per heavy atom. The van der Waals surface area contributed by atoms with Crippen molar-refractivity contribution in [2.75, 3.05) is 25.3 Å². The first kappa shape index (κ1) is 13.2. The van der Waals surface area contributed by atoms with Crippen molar-refractivity contribution in [2.45, 2.75) is 0 Å². The summed E-state index contributed by atoms with van der Waals surface area (Å²) in [4.78, 5) is 5.94. The maximum absolute atomic E-state index is 9.40. The molecule has 0 amide bonds. The zero-order chi connectivity index (χ0) is 11.2. The molecule has 14 heavy (non-hydrogen) atoms. The molecule has 0 N–H and O–H groups in total. The van der Waals surface area contributed by atoms with Gasteiger partial charge < -0.3 is 4.90 Å². The molecule has 1 aromatic heterocycles. The molecule has 1 heterocycles. The number of pyridine rings is 1. The lowest BCUT2D eigenvalue weighted by atomic mass is 10.4. The number of aromatic nitrogens is 1. The molecule has 1 aromatic rings. The van der Waals surface area contributed by atoms with E-state index in [0.29, 0.717) is 0 Å². The van der Waals surface area contributed by atoms with E-state index in [0.717, 1.165) is 6.26 Å². The van der Waals surface area contributed by atoms with Crippen LogP contribution >= 0.6 is 10.7 Å². The van der Waals surface area contributed by atoms with Crippen molar-refractivity contribution < 1.29 is 8.42 Å². The lowest BCUT2D eigenvalue weighted by Crippen LogP contribution is -2.07. The van der Waals surface area contributed by atoms with Gasteiger partial charge in [-0.3, -0.25) is 4.98 Å². The van der Waals surface area contributed by atoms with Crippen LogP contribution in [0.5, 0.6) is 0 Å². The maximum atomic E-state index is 9.40. The van der Waals surface area contributed by atoms with Crippen LogP contribution in [0.3, 0.4) is 0 Å². The summed E-state index contributed by atoms with van der Waals surface area (Å²) in [6, 6.07) is 3.94. The number of hydrogen-bond donors (Lipinski definition) is 0. The molecular weight excluding hydrogens is 224 g/mol. The van der Waals surface area contributed by atoms with Crippen molar-refractivity contribution in [3.8, 4) is 0 Å². The van der Waals surface area contributed by atoms with E-state index in [2.05, 4.69) is 15.7 Å². The van der Waals surface area contributed by atoms with Gasteiger partial charge in [0.05, 0.1) is 6.26 Å². The fourth-order valence-electron chi connectivity index (χ4n) is 0.642. The first-order valence-electron chi connectivity index (χ1n) is 3.77. The van der Waals surface area contributed by atoms with Crippen molar-refractivity contribution in [1.82, 2.24) is 4.98 Å². The molecular formula is C8H13ClN2O2S. The molecule has 0 radical (unpaired) electrons. The van der Waals surface area contributed by atoms with Gasteiger partial charge in [-0.25, -0.2) is 8.42 Å². The van der Waals surface area contributed by atoms with Gasteiger partial charge in [0, 0.05) is 42.9 Å². The molecule has 0 aromatic carbocycles. The number of rotatable bonds is 1. The first-order chi connectivity index (χ1) is 6.30. The quantitative estimate of drug-likeness (QED) is 0.691. The highest BCUT2D eigenvalue weighted by Crippen LogP contribution is 2.05. The third kappa shape index (κ3) is 9.28. The van der Waals surface area contributed by atoms with Gasteiger partial charge >= 0.3 is 0 Å². The molecule has 1 rings (SSSR count). The van der Waals surface area contributed by atoms with E-state index in [9.17, 15) is 8.42 Å². The summed E-state index contributed by atoms with van der Waals surface area (Å²) in [5.74, 6) is 0. The van der Waals surface area contributed by atoms with Gasteiger partial charge in [0.15, 0.2) is 0 Å². The van der Waals surface area contributed by atoms with Crippen molar-refractivity contribution in [3.63, 3.8) is 0 Å². The van der Waals surface area contributed by atoms with Crippen LogP contribution < -0.4 is 4.90 Å². The zero-order valence-corrected chi connectivity index (χ0v) is 9.88. The van der Waals surface area contributed by atoms with E-state index in [4.69, 9.17) is 0 Å². The Kier molecular flexibility index (Phi) is 5.49. The van der Waals surface area contributed by atoms with Gasteiger partial charge in [-0.05, 0) is 12.1 Å². The molecule has 4 nitrogen and oxygen atoms in total. The Hall–Kier alpha value is -0.810. The van der Waals surface area contributed by atoms with Crippen LogP contribution in [0.15, 0.2) is 24.5 Å². The van der Waals surface area contributed by atoms with Crippen LogP contribution in [-0.4, -0.2) is 33.8 Å². The largest absolute Gasteiger partial charge is 0.378 e.